The van der Waals surface area contributed by atoms with Crippen LogP contribution in [0, 0.1) is 33.8 Å². The highest BCUT2D eigenvalue weighted by atomic mass is 35.5. The normalized spacial score (nSPS) is 32.0. The van der Waals surface area contributed by atoms with E-state index in [0.717, 1.165) is 11.3 Å². The van der Waals surface area contributed by atoms with Crippen LogP contribution < -0.4 is 4.90 Å². The summed E-state index contributed by atoms with van der Waals surface area (Å²) in [5.74, 6) is -0.880. The van der Waals surface area contributed by atoms with Gasteiger partial charge in [-0.25, -0.2) is 4.90 Å². The van der Waals surface area contributed by atoms with Gasteiger partial charge >= 0.3 is 0 Å². The quantitative estimate of drug-likeness (QED) is 0.363. The van der Waals surface area contributed by atoms with Crippen molar-refractivity contribution < 1.29 is 14.5 Å². The van der Waals surface area contributed by atoms with Crippen molar-refractivity contribution in [2.45, 2.75) is 6.42 Å². The van der Waals surface area contributed by atoms with E-state index in [2.05, 4.69) is 0 Å². The van der Waals surface area contributed by atoms with Gasteiger partial charge in [-0.1, -0.05) is 23.8 Å². The molecular weight excluding hydrogens is 308 g/mol. The van der Waals surface area contributed by atoms with Gasteiger partial charge in [0.15, 0.2) is 0 Å². The van der Waals surface area contributed by atoms with Gasteiger partial charge in [-0.15, -0.1) is 0 Å². The van der Waals surface area contributed by atoms with Crippen LogP contribution in [-0.2, 0) is 9.59 Å². The molecule has 1 heterocycles. The van der Waals surface area contributed by atoms with Crippen molar-refractivity contribution in [2.75, 3.05) is 4.90 Å². The van der Waals surface area contributed by atoms with Crippen molar-refractivity contribution in [1.29, 1.82) is 0 Å². The number of fused-ring (bicyclic) bond motifs is 5. The number of nitrogens with zero attached hydrogens (tertiary/aromatic N) is 2. The second-order valence-electron chi connectivity index (χ2n) is 5.90. The molecule has 1 aromatic carbocycles. The summed E-state index contributed by atoms with van der Waals surface area (Å²) in [7, 11) is 0. The van der Waals surface area contributed by atoms with Crippen LogP contribution in [0.4, 0.5) is 11.4 Å². The van der Waals surface area contributed by atoms with Crippen LogP contribution >= 0.6 is 11.6 Å². The van der Waals surface area contributed by atoms with E-state index in [1.807, 2.05) is 12.2 Å². The minimum atomic E-state index is -0.567. The summed E-state index contributed by atoms with van der Waals surface area (Å²) in [6.45, 7) is 0. The highest BCUT2D eigenvalue weighted by Crippen LogP contribution is 2.53. The van der Waals surface area contributed by atoms with Crippen LogP contribution in [0.3, 0.4) is 0 Å². The molecule has 2 amide bonds. The molecule has 4 atom stereocenters. The highest BCUT2D eigenvalue weighted by molar-refractivity contribution is 6.36. The van der Waals surface area contributed by atoms with E-state index in [-0.39, 0.29) is 51.9 Å². The first-order chi connectivity index (χ1) is 10.5. The van der Waals surface area contributed by atoms with Gasteiger partial charge in [0.1, 0.15) is 0 Å². The number of nitro groups is 1. The van der Waals surface area contributed by atoms with Gasteiger partial charge in [-0.3, -0.25) is 19.7 Å². The van der Waals surface area contributed by atoms with Crippen LogP contribution in [0.1, 0.15) is 6.42 Å². The number of non-ortho nitro benzene ring substituents is 1. The highest BCUT2D eigenvalue weighted by Gasteiger charge is 2.59. The molecule has 1 aliphatic heterocycles. The van der Waals surface area contributed by atoms with Crippen molar-refractivity contribution in [3.8, 4) is 0 Å². The number of halogens is 1. The zero-order valence-electron chi connectivity index (χ0n) is 11.3. The monoisotopic (exact) mass is 318 g/mol. The van der Waals surface area contributed by atoms with Gasteiger partial charge in [-0.2, -0.15) is 0 Å². The third kappa shape index (κ3) is 1.61. The van der Waals surface area contributed by atoms with Gasteiger partial charge in [-0.05, 0) is 24.3 Å². The third-order valence-corrected chi connectivity index (χ3v) is 5.16. The lowest BCUT2D eigenvalue weighted by Crippen LogP contribution is -2.33. The number of rotatable bonds is 2. The first kappa shape index (κ1) is 13.5. The van der Waals surface area contributed by atoms with Crippen LogP contribution in [-0.4, -0.2) is 16.7 Å². The predicted octanol–water partition coefficient (Wildman–Crippen LogP) is 2.56. The standard InChI is InChI=1S/C15H11ClN2O4/c16-10-6-9(18(21)22)3-4-11(10)17-14(19)12-7-1-2-8(5-7)13(12)15(17)20/h1-4,6-8,12-13H,5H2/t7-,8-,12-,13+/m0/s1. The summed E-state index contributed by atoms with van der Waals surface area (Å²) in [4.78, 5) is 36.6. The molecule has 1 saturated heterocycles. The SMILES string of the molecule is O=C1[C@@H]2[C@H](C(=O)N1c1ccc([N+](=O)[O-])cc1Cl)[C@H]1C=C[C@H]2C1. The maximum atomic E-state index is 12.6. The van der Waals surface area contributed by atoms with Crippen molar-refractivity contribution >= 4 is 34.8 Å². The first-order valence-electron chi connectivity index (χ1n) is 6.99. The minimum absolute atomic E-state index is 0.0381. The summed E-state index contributed by atoms with van der Waals surface area (Å²) >= 11 is 6.06. The molecule has 0 radical (unpaired) electrons. The molecule has 0 aromatic heterocycles. The number of hydrogen-bond acceptors (Lipinski definition) is 4. The summed E-state index contributed by atoms with van der Waals surface area (Å²) < 4.78 is 0. The van der Waals surface area contributed by atoms with E-state index in [9.17, 15) is 19.7 Å². The van der Waals surface area contributed by atoms with E-state index in [4.69, 9.17) is 11.6 Å². The van der Waals surface area contributed by atoms with Crippen LogP contribution in [0.2, 0.25) is 5.02 Å². The average molecular weight is 319 g/mol. The summed E-state index contributed by atoms with van der Waals surface area (Å²) in [5.41, 5.74) is 0.0610. The van der Waals surface area contributed by atoms with Crippen LogP contribution in [0.5, 0.6) is 0 Å². The zero-order chi connectivity index (χ0) is 15.6. The first-order valence-corrected chi connectivity index (χ1v) is 7.37. The Labute approximate surface area is 130 Å². The van der Waals surface area contributed by atoms with Gasteiger partial charge in [0.25, 0.3) is 5.69 Å². The Morgan fingerprint density at radius 3 is 2.23 bits per heavy atom. The number of allylic oxidation sites excluding steroid dienone is 2. The Morgan fingerprint density at radius 1 is 1.14 bits per heavy atom. The molecule has 1 saturated carbocycles. The van der Waals surface area contributed by atoms with Gasteiger partial charge in [0.05, 0.1) is 27.5 Å². The third-order valence-electron chi connectivity index (χ3n) is 4.85. The maximum absolute atomic E-state index is 12.6. The number of benzene rings is 1. The lowest BCUT2D eigenvalue weighted by Gasteiger charge is -2.18. The van der Waals surface area contributed by atoms with E-state index in [1.54, 1.807) is 0 Å². The second-order valence-corrected chi connectivity index (χ2v) is 6.31. The van der Waals surface area contributed by atoms with Crippen LogP contribution in [0.25, 0.3) is 0 Å². The van der Waals surface area contributed by atoms with Crippen molar-refractivity contribution in [2.24, 2.45) is 23.7 Å². The summed E-state index contributed by atoms with van der Waals surface area (Å²) in [5, 5.41) is 10.8. The molecule has 4 rings (SSSR count). The number of amides is 2. The summed E-state index contributed by atoms with van der Waals surface area (Å²) in [6, 6.07) is 3.79. The molecular formula is C15H11ClN2O4. The number of hydrogen-bond donors (Lipinski definition) is 0. The fourth-order valence-electron chi connectivity index (χ4n) is 3.93. The molecule has 7 heteroatoms. The number of imide groups is 1. The predicted molar refractivity (Wildman–Crippen MR) is 78.3 cm³/mol. The Bertz CT molecular complexity index is 730. The van der Waals surface area contributed by atoms with Crippen molar-refractivity contribution in [3.05, 3.63) is 45.5 Å². The Morgan fingerprint density at radius 2 is 1.73 bits per heavy atom. The van der Waals surface area contributed by atoms with Gasteiger partial charge in [0.2, 0.25) is 11.8 Å². The topological polar surface area (TPSA) is 80.5 Å². The molecule has 0 N–H and O–H groups in total. The van der Waals surface area contributed by atoms with Crippen molar-refractivity contribution in [3.63, 3.8) is 0 Å². The molecule has 22 heavy (non-hydrogen) atoms. The molecule has 2 fully saturated rings. The van der Waals surface area contributed by atoms with Gasteiger partial charge < -0.3 is 0 Å². The molecule has 0 unspecified atom stereocenters. The molecule has 6 nitrogen and oxygen atoms in total. The summed E-state index contributed by atoms with van der Waals surface area (Å²) in [6.07, 6.45) is 4.88. The number of nitro benzene ring substituents is 1. The van der Waals surface area contributed by atoms with Gasteiger partial charge in [0, 0.05) is 12.1 Å². The molecule has 2 bridgehead atoms. The molecule has 2 aliphatic carbocycles. The second kappa shape index (κ2) is 4.39. The molecule has 0 spiro atoms. The lowest BCUT2D eigenvalue weighted by atomic mass is 9.85. The fraction of sp³-hybridized carbons (Fsp3) is 0.333. The number of anilines is 1. The molecule has 1 aromatic rings. The van der Waals surface area contributed by atoms with E-state index in [0.29, 0.717) is 0 Å². The fourth-order valence-corrected chi connectivity index (χ4v) is 4.19. The van der Waals surface area contributed by atoms with E-state index >= 15 is 0 Å². The van der Waals surface area contributed by atoms with E-state index < -0.39 is 4.92 Å². The number of carbonyl (C=O) groups is 2. The Balaban J connectivity index is 1.74. The lowest BCUT2D eigenvalue weighted by molar-refractivity contribution is -0.384. The minimum Gasteiger partial charge on any atom is -0.274 e. The van der Waals surface area contributed by atoms with Crippen molar-refractivity contribution in [1.82, 2.24) is 0 Å². The Kier molecular flexibility index (Phi) is 2.69. The largest absolute Gasteiger partial charge is 0.274 e. The maximum Gasteiger partial charge on any atom is 0.271 e. The number of carbonyl (C=O) groups excluding carboxylic acids is 2. The average Bonchev–Trinajstić information content (AvgIpc) is 3.14. The molecule has 3 aliphatic rings. The van der Waals surface area contributed by atoms with Crippen LogP contribution in [0.15, 0.2) is 30.4 Å². The smallest absolute Gasteiger partial charge is 0.271 e. The Hall–Kier alpha value is -2.21. The van der Waals surface area contributed by atoms with E-state index in [1.165, 1.54) is 18.2 Å². The molecule has 112 valence electrons. The zero-order valence-corrected chi connectivity index (χ0v) is 12.1.